The fourth-order valence-corrected chi connectivity index (χ4v) is 3.55. The van der Waals surface area contributed by atoms with E-state index in [1.165, 1.54) is 11.3 Å². The molecule has 1 N–H and O–H groups in total. The van der Waals surface area contributed by atoms with E-state index in [4.69, 9.17) is 0 Å². The van der Waals surface area contributed by atoms with Gasteiger partial charge < -0.3 is 5.32 Å². The van der Waals surface area contributed by atoms with Crippen molar-refractivity contribution >= 4 is 38.9 Å². The van der Waals surface area contributed by atoms with Gasteiger partial charge in [-0.3, -0.25) is 9.20 Å². The van der Waals surface area contributed by atoms with Crippen molar-refractivity contribution in [3.8, 4) is 0 Å². The Morgan fingerprint density at radius 1 is 1.17 bits per heavy atom. The number of aromatic nitrogens is 2. The molecule has 0 atom stereocenters. The summed E-state index contributed by atoms with van der Waals surface area (Å²) in [6.07, 6.45) is 0.0818. The van der Waals surface area contributed by atoms with Gasteiger partial charge in [0.2, 0.25) is 5.91 Å². The van der Waals surface area contributed by atoms with Crippen LogP contribution < -0.4 is 5.32 Å². The Morgan fingerprint density at radius 3 is 2.71 bits per heavy atom. The van der Waals surface area contributed by atoms with Gasteiger partial charge in [-0.2, -0.15) is 0 Å². The van der Waals surface area contributed by atoms with E-state index >= 15 is 0 Å². The Balaban J connectivity index is 1.63. The summed E-state index contributed by atoms with van der Waals surface area (Å²) in [6, 6.07) is 10.6. The first-order valence-corrected chi connectivity index (χ1v) is 8.07. The van der Waals surface area contributed by atoms with Crippen molar-refractivity contribution in [2.24, 2.45) is 0 Å². The van der Waals surface area contributed by atoms with E-state index in [0.717, 1.165) is 39.9 Å². The molecule has 0 spiro atoms. The number of carbonyl (C=O) groups is 1. The van der Waals surface area contributed by atoms with Crippen LogP contribution in [0.3, 0.4) is 0 Å². The summed E-state index contributed by atoms with van der Waals surface area (Å²) >= 11 is 1.44. The van der Waals surface area contributed by atoms with Gasteiger partial charge >= 0.3 is 0 Å². The van der Waals surface area contributed by atoms with Crippen LogP contribution in [0, 0.1) is 11.6 Å². The number of hydrogen-bond acceptors (Lipinski definition) is 3. The highest BCUT2D eigenvalue weighted by Crippen LogP contribution is 2.24. The van der Waals surface area contributed by atoms with Gasteiger partial charge in [-0.25, -0.2) is 13.8 Å². The third-order valence-electron chi connectivity index (χ3n) is 3.61. The number of hydrogen-bond donors (Lipinski definition) is 1. The number of nitrogens with zero attached hydrogens (tertiary/aromatic N) is 2. The van der Waals surface area contributed by atoms with Gasteiger partial charge in [-0.1, -0.05) is 12.1 Å². The second-order valence-electron chi connectivity index (χ2n) is 5.33. The third-order valence-corrected chi connectivity index (χ3v) is 4.48. The number of amides is 1. The predicted octanol–water partition coefficient (Wildman–Crippen LogP) is 4.01. The van der Waals surface area contributed by atoms with Crippen LogP contribution in [0.15, 0.2) is 47.8 Å². The molecule has 2 aromatic heterocycles. The first-order chi connectivity index (χ1) is 11.6. The van der Waals surface area contributed by atoms with Crippen molar-refractivity contribution in [2.45, 2.75) is 6.42 Å². The molecule has 0 saturated heterocycles. The Morgan fingerprint density at radius 2 is 1.92 bits per heavy atom. The summed E-state index contributed by atoms with van der Waals surface area (Å²) in [5, 5.41) is 4.38. The molecule has 0 aliphatic heterocycles. The fraction of sp³-hybridized carbons (Fsp3) is 0.0588. The first kappa shape index (κ1) is 14.8. The molecule has 2 aromatic carbocycles. The molecule has 7 heteroatoms. The summed E-state index contributed by atoms with van der Waals surface area (Å²) in [7, 11) is 0. The second kappa shape index (κ2) is 5.68. The van der Waals surface area contributed by atoms with Crippen molar-refractivity contribution in [1.29, 1.82) is 0 Å². The van der Waals surface area contributed by atoms with Crippen LogP contribution in [-0.2, 0) is 11.2 Å². The largest absolute Gasteiger partial charge is 0.326 e. The van der Waals surface area contributed by atoms with Crippen LogP contribution in [0.2, 0.25) is 0 Å². The van der Waals surface area contributed by atoms with E-state index < -0.39 is 11.6 Å². The van der Waals surface area contributed by atoms with E-state index in [1.807, 2.05) is 34.0 Å². The molecule has 4 aromatic rings. The molecule has 0 radical (unpaired) electrons. The zero-order valence-electron chi connectivity index (χ0n) is 12.3. The van der Waals surface area contributed by atoms with Gasteiger partial charge in [0.1, 0.15) is 11.6 Å². The number of thiazole rings is 1. The van der Waals surface area contributed by atoms with Crippen molar-refractivity contribution < 1.29 is 13.6 Å². The maximum atomic E-state index is 13.2. The zero-order chi connectivity index (χ0) is 16.7. The average molecular weight is 343 g/mol. The number of benzene rings is 2. The quantitative estimate of drug-likeness (QED) is 0.611. The van der Waals surface area contributed by atoms with Crippen molar-refractivity contribution in [3.63, 3.8) is 0 Å². The zero-order valence-corrected chi connectivity index (χ0v) is 13.1. The lowest BCUT2D eigenvalue weighted by Gasteiger charge is -2.05. The highest BCUT2D eigenvalue weighted by atomic mass is 32.1. The predicted molar refractivity (Wildman–Crippen MR) is 89.3 cm³/mol. The molecule has 2 heterocycles. The van der Waals surface area contributed by atoms with Crippen LogP contribution in [0.25, 0.3) is 16.0 Å². The van der Waals surface area contributed by atoms with Crippen LogP contribution in [-0.4, -0.2) is 15.3 Å². The topological polar surface area (TPSA) is 46.4 Å². The minimum absolute atomic E-state index is 0.0818. The summed E-state index contributed by atoms with van der Waals surface area (Å²) < 4.78 is 28.3. The Hall–Kier alpha value is -2.80. The number of anilines is 1. The van der Waals surface area contributed by atoms with E-state index in [2.05, 4.69) is 10.3 Å². The molecule has 0 fully saturated rings. The number of nitrogens with one attached hydrogen (secondary N) is 1. The minimum Gasteiger partial charge on any atom is -0.326 e. The molecular weight excluding hydrogens is 332 g/mol. The van der Waals surface area contributed by atoms with E-state index in [0.29, 0.717) is 0 Å². The van der Waals surface area contributed by atoms with E-state index in [-0.39, 0.29) is 18.0 Å². The number of halogens is 2. The van der Waals surface area contributed by atoms with Gasteiger partial charge in [0.15, 0.2) is 4.96 Å². The number of imidazole rings is 1. The van der Waals surface area contributed by atoms with Crippen LogP contribution in [0.5, 0.6) is 0 Å². The lowest BCUT2D eigenvalue weighted by Crippen LogP contribution is -2.15. The molecule has 0 unspecified atom stereocenters. The summed E-state index contributed by atoms with van der Waals surface area (Å²) in [4.78, 5) is 17.5. The SMILES string of the molecule is O=C(Cc1csc2nc3ccccc3n12)Nc1cc(F)cc(F)c1. The highest BCUT2D eigenvalue weighted by molar-refractivity contribution is 7.15. The van der Waals surface area contributed by atoms with Crippen molar-refractivity contribution in [2.75, 3.05) is 5.32 Å². The maximum Gasteiger partial charge on any atom is 0.230 e. The first-order valence-electron chi connectivity index (χ1n) is 7.20. The number of carbonyl (C=O) groups excluding carboxylic acids is 1. The smallest absolute Gasteiger partial charge is 0.230 e. The van der Waals surface area contributed by atoms with Gasteiger partial charge in [0.25, 0.3) is 0 Å². The average Bonchev–Trinajstić information content (AvgIpc) is 3.06. The summed E-state index contributed by atoms with van der Waals surface area (Å²) in [5.74, 6) is -1.81. The van der Waals surface area contributed by atoms with Gasteiger partial charge in [-0.15, -0.1) is 11.3 Å². The number of fused-ring (bicyclic) bond motifs is 3. The van der Waals surface area contributed by atoms with Crippen molar-refractivity contribution in [3.05, 3.63) is 65.2 Å². The van der Waals surface area contributed by atoms with Gasteiger partial charge in [0.05, 0.1) is 17.5 Å². The molecule has 0 saturated carbocycles. The van der Waals surface area contributed by atoms with E-state index in [9.17, 15) is 13.6 Å². The highest BCUT2D eigenvalue weighted by Gasteiger charge is 2.14. The molecule has 4 nitrogen and oxygen atoms in total. The molecule has 0 bridgehead atoms. The molecule has 0 aliphatic carbocycles. The van der Waals surface area contributed by atoms with Crippen LogP contribution >= 0.6 is 11.3 Å². The molecular formula is C17H11F2N3OS. The molecule has 1 amide bonds. The second-order valence-corrected chi connectivity index (χ2v) is 6.17. The summed E-state index contributed by atoms with van der Waals surface area (Å²) in [6.45, 7) is 0. The van der Waals surface area contributed by atoms with Crippen LogP contribution in [0.1, 0.15) is 5.69 Å². The Kier molecular flexibility index (Phi) is 3.50. The number of para-hydroxylation sites is 2. The lowest BCUT2D eigenvalue weighted by atomic mass is 10.2. The fourth-order valence-electron chi connectivity index (χ4n) is 2.65. The van der Waals surface area contributed by atoms with Gasteiger partial charge in [-0.05, 0) is 24.3 Å². The minimum atomic E-state index is -0.733. The maximum absolute atomic E-state index is 13.2. The van der Waals surface area contributed by atoms with Gasteiger partial charge in [0, 0.05) is 22.8 Å². The standard InChI is InChI=1S/C17H11F2N3OS/c18-10-5-11(19)7-12(6-10)20-16(23)8-13-9-24-17-21-14-3-1-2-4-15(14)22(13)17/h1-7,9H,8H2,(H,20,23). The lowest BCUT2D eigenvalue weighted by molar-refractivity contribution is -0.115. The summed E-state index contributed by atoms with van der Waals surface area (Å²) in [5.41, 5.74) is 2.66. The monoisotopic (exact) mass is 343 g/mol. The number of rotatable bonds is 3. The molecule has 24 heavy (non-hydrogen) atoms. The molecule has 120 valence electrons. The Bertz CT molecular complexity index is 1050. The van der Waals surface area contributed by atoms with Crippen LogP contribution in [0.4, 0.5) is 14.5 Å². The third kappa shape index (κ3) is 2.63. The molecule has 0 aliphatic rings. The molecule has 4 rings (SSSR count). The van der Waals surface area contributed by atoms with E-state index in [1.54, 1.807) is 0 Å². The Labute approximate surface area is 139 Å². The normalized spacial score (nSPS) is 11.2. The van der Waals surface area contributed by atoms with Crippen molar-refractivity contribution in [1.82, 2.24) is 9.38 Å².